The topological polar surface area (TPSA) is 67.8 Å². The fraction of sp³-hybridized carbons (Fsp3) is 0.917. The van der Waals surface area contributed by atoms with Gasteiger partial charge in [-0.2, -0.15) is 30.7 Å². The average molecular weight is 428 g/mol. The molecule has 0 amide bonds. The van der Waals surface area contributed by atoms with Crippen LogP contribution in [0.3, 0.4) is 0 Å². The summed E-state index contributed by atoms with van der Waals surface area (Å²) in [5.41, 5.74) is -5.73. The largest absolute Gasteiger partial charge is 1.00 e. The normalized spacial score (nSPS) is 15.2. The van der Waals surface area contributed by atoms with Gasteiger partial charge in [0.25, 0.3) is 0 Å². The van der Waals surface area contributed by atoms with E-state index in [2.05, 4.69) is 14.1 Å². The number of carbonyl (C=O) groups excluding carboxylic acids is 1. The summed E-state index contributed by atoms with van der Waals surface area (Å²) in [5, 5.41) is 11.0. The van der Waals surface area contributed by atoms with Crippen molar-refractivity contribution in [1.82, 2.24) is 0 Å². The number of hydrogen-bond donors (Lipinski definition) is 0. The Morgan fingerprint density at radius 2 is 1.58 bits per heavy atom. The van der Waals surface area contributed by atoms with Gasteiger partial charge in [0, 0.05) is 12.0 Å². The SMILES string of the molecule is CCCCCC(OC(=O)C(C)SOO[O-])C(F)(C(F)(F)F)C(F)(F)F.[Na+]. The smallest absolute Gasteiger partial charge is 0.691 e. The Balaban J connectivity index is 0. The quantitative estimate of drug-likeness (QED) is 0.0965. The number of halogens is 7. The molecule has 0 saturated heterocycles. The molecule has 0 fully saturated rings. The maximum atomic E-state index is 14.1. The van der Waals surface area contributed by atoms with Gasteiger partial charge in [0.05, 0.1) is 0 Å². The third kappa shape index (κ3) is 7.68. The van der Waals surface area contributed by atoms with Crippen molar-refractivity contribution < 1.29 is 84.5 Å². The molecular weight excluding hydrogens is 412 g/mol. The van der Waals surface area contributed by atoms with Gasteiger partial charge in [-0.05, 0) is 19.8 Å². The molecule has 0 aliphatic heterocycles. The second kappa shape index (κ2) is 11.9. The predicted molar refractivity (Wildman–Crippen MR) is 69.2 cm³/mol. The molecule has 2 atom stereocenters. The van der Waals surface area contributed by atoms with Crippen LogP contribution < -0.4 is 34.8 Å². The van der Waals surface area contributed by atoms with Crippen LogP contribution >= 0.6 is 12.0 Å². The molecule has 0 N–H and O–H groups in total. The second-order valence-electron chi connectivity index (χ2n) is 5.00. The van der Waals surface area contributed by atoms with Gasteiger partial charge in [-0.15, -0.1) is 0 Å². The van der Waals surface area contributed by atoms with E-state index in [-0.39, 0.29) is 54.4 Å². The monoisotopic (exact) mass is 428 g/mol. The molecule has 0 aromatic carbocycles. The molecule has 0 aliphatic carbocycles. The van der Waals surface area contributed by atoms with Crippen LogP contribution in [0.2, 0.25) is 0 Å². The molecule has 0 rings (SSSR count). The summed E-state index contributed by atoms with van der Waals surface area (Å²) in [6.45, 7) is 2.58. The molecule has 14 heteroatoms. The zero-order chi connectivity index (χ0) is 19.9. The predicted octanol–water partition coefficient (Wildman–Crippen LogP) is 0.576. The molecule has 0 aliphatic rings. The molecule has 150 valence electrons. The van der Waals surface area contributed by atoms with E-state index in [1.54, 1.807) is 6.92 Å². The minimum Gasteiger partial charge on any atom is -0.691 e. The van der Waals surface area contributed by atoms with Crippen LogP contribution in [0.5, 0.6) is 0 Å². The summed E-state index contributed by atoms with van der Waals surface area (Å²) >= 11 is -0.0138. The van der Waals surface area contributed by atoms with Crippen LogP contribution in [0.15, 0.2) is 0 Å². The Morgan fingerprint density at radius 1 is 1.08 bits per heavy atom. The summed E-state index contributed by atoms with van der Waals surface area (Å²) in [7, 11) is 0. The maximum Gasteiger partial charge on any atom is 1.00 e. The summed E-state index contributed by atoms with van der Waals surface area (Å²) in [5.74, 6) is -1.63. The van der Waals surface area contributed by atoms with Crippen molar-refractivity contribution in [2.24, 2.45) is 0 Å². The molecular formula is C12H16F7NaO5S. The van der Waals surface area contributed by atoms with Crippen LogP contribution in [0, 0.1) is 0 Å². The number of esters is 1. The van der Waals surface area contributed by atoms with Crippen LogP contribution in [0.4, 0.5) is 30.7 Å². The van der Waals surface area contributed by atoms with Gasteiger partial charge in [0.2, 0.25) is 0 Å². The Morgan fingerprint density at radius 3 is 1.96 bits per heavy atom. The first-order valence-corrected chi connectivity index (χ1v) is 7.78. The summed E-state index contributed by atoms with van der Waals surface area (Å²) < 4.78 is 99.1. The molecule has 0 aromatic rings. The van der Waals surface area contributed by atoms with Crippen LogP contribution in [0.1, 0.15) is 39.5 Å². The second-order valence-corrected chi connectivity index (χ2v) is 6.04. The molecule has 0 radical (unpaired) electrons. The van der Waals surface area contributed by atoms with Crippen molar-refractivity contribution in [2.75, 3.05) is 0 Å². The number of carbonyl (C=O) groups is 1. The standard InChI is InChI=1S/C12H17F7O5S.Na/c1-3-4-5-6-8(22-9(20)7(2)25-24-23-21)10(13,11(14,15)16)12(17,18)19;/h7-8,21H,3-6H2,1-2H3;/q;+1/p-1. The Kier molecular flexibility index (Phi) is 13.0. The maximum absolute atomic E-state index is 14.1. The molecule has 0 bridgehead atoms. The van der Waals surface area contributed by atoms with Gasteiger partial charge < -0.3 is 9.99 Å². The Bertz CT molecular complexity index is 408. The summed E-state index contributed by atoms with van der Waals surface area (Å²) in [6, 6.07) is 0. The van der Waals surface area contributed by atoms with E-state index in [9.17, 15) is 40.8 Å². The third-order valence-corrected chi connectivity index (χ3v) is 3.76. The zero-order valence-corrected chi connectivity index (χ0v) is 16.9. The number of hydrogen-bond acceptors (Lipinski definition) is 6. The van der Waals surface area contributed by atoms with Gasteiger partial charge in [-0.25, -0.2) is 4.39 Å². The van der Waals surface area contributed by atoms with E-state index in [1.165, 1.54) is 0 Å². The van der Waals surface area contributed by atoms with Gasteiger partial charge in [0.15, 0.2) is 6.10 Å². The molecule has 0 heterocycles. The van der Waals surface area contributed by atoms with Crippen molar-refractivity contribution in [2.45, 2.75) is 68.9 Å². The molecule has 0 saturated carbocycles. The van der Waals surface area contributed by atoms with E-state index < -0.39 is 41.8 Å². The Hall–Kier alpha value is 0.210. The van der Waals surface area contributed by atoms with Crippen LogP contribution in [0.25, 0.3) is 0 Å². The van der Waals surface area contributed by atoms with Gasteiger partial charge in [0.1, 0.15) is 5.25 Å². The van der Waals surface area contributed by atoms with Crippen molar-refractivity contribution in [1.29, 1.82) is 0 Å². The van der Waals surface area contributed by atoms with Gasteiger partial charge in [-0.3, -0.25) is 9.83 Å². The minimum atomic E-state index is -6.35. The molecule has 0 aromatic heterocycles. The van der Waals surface area contributed by atoms with E-state index in [0.29, 0.717) is 6.42 Å². The first-order valence-electron chi connectivity index (χ1n) is 6.97. The summed E-state index contributed by atoms with van der Waals surface area (Å²) in [6.07, 6.45) is -16.4. The zero-order valence-electron chi connectivity index (χ0n) is 14.1. The number of alkyl halides is 7. The van der Waals surface area contributed by atoms with Crippen molar-refractivity contribution in [3.05, 3.63) is 0 Å². The number of rotatable bonds is 10. The van der Waals surface area contributed by atoms with Crippen molar-refractivity contribution in [3.63, 3.8) is 0 Å². The van der Waals surface area contributed by atoms with Crippen molar-refractivity contribution in [3.8, 4) is 0 Å². The number of ether oxygens (including phenoxy) is 1. The molecule has 26 heavy (non-hydrogen) atoms. The van der Waals surface area contributed by atoms with Crippen molar-refractivity contribution >= 4 is 18.0 Å². The third-order valence-electron chi connectivity index (χ3n) is 3.14. The molecule has 2 unspecified atom stereocenters. The minimum absolute atomic E-state index is 0. The van der Waals surface area contributed by atoms with Gasteiger partial charge in [-0.1, -0.05) is 19.8 Å². The Labute approximate surface area is 171 Å². The fourth-order valence-corrected chi connectivity index (χ4v) is 2.08. The fourth-order valence-electron chi connectivity index (χ4n) is 1.79. The van der Waals surface area contributed by atoms with Gasteiger partial charge >= 0.3 is 53.5 Å². The molecule has 5 nitrogen and oxygen atoms in total. The average Bonchev–Trinajstić information content (AvgIpc) is 2.48. The van der Waals surface area contributed by atoms with E-state index >= 15 is 0 Å². The van der Waals surface area contributed by atoms with E-state index in [1.807, 2.05) is 0 Å². The number of unbranched alkanes of at least 4 members (excludes halogenated alkanes) is 2. The van der Waals surface area contributed by atoms with Crippen LogP contribution in [-0.4, -0.2) is 35.3 Å². The summed E-state index contributed by atoms with van der Waals surface area (Å²) in [4.78, 5) is 11.6. The first kappa shape index (κ1) is 28.4. The van der Waals surface area contributed by atoms with Crippen LogP contribution in [-0.2, 0) is 18.9 Å². The molecule has 0 spiro atoms. The van der Waals surface area contributed by atoms with E-state index in [0.717, 1.165) is 6.92 Å². The van der Waals surface area contributed by atoms with E-state index in [4.69, 9.17) is 0 Å². The first-order chi connectivity index (χ1) is 11.3.